The molecule has 1 N–H and O–H groups in total. The monoisotopic (exact) mass is 243 g/mol. The molecule has 0 unspecified atom stereocenters. The number of hydrogen-bond donors (Lipinski definition) is 1. The van der Waals surface area contributed by atoms with Crippen LogP contribution in [0.2, 0.25) is 0 Å². The number of anilines is 1. The average Bonchev–Trinajstić information content (AvgIpc) is 2.76. The van der Waals surface area contributed by atoms with E-state index in [9.17, 15) is 4.79 Å². The molecule has 0 atom stereocenters. The van der Waals surface area contributed by atoms with E-state index in [2.05, 4.69) is 25.2 Å². The number of benzene rings is 1. The highest BCUT2D eigenvalue weighted by Crippen LogP contribution is 2.19. The van der Waals surface area contributed by atoms with E-state index in [0.29, 0.717) is 17.2 Å². The molecule has 0 radical (unpaired) electrons. The maximum Gasteiger partial charge on any atom is 0.259 e. The fourth-order valence-electron chi connectivity index (χ4n) is 1.79. The van der Waals surface area contributed by atoms with E-state index in [1.165, 1.54) is 11.8 Å². The van der Waals surface area contributed by atoms with Crippen LogP contribution in [-0.2, 0) is 0 Å². The molecule has 0 aliphatic heterocycles. The van der Waals surface area contributed by atoms with Gasteiger partial charge in [0.1, 0.15) is 5.76 Å². The van der Waals surface area contributed by atoms with Gasteiger partial charge in [-0.15, -0.1) is 0 Å². The molecule has 0 aliphatic carbocycles. The lowest BCUT2D eigenvalue weighted by Crippen LogP contribution is -2.12. The Morgan fingerprint density at radius 1 is 1.28 bits per heavy atom. The number of carbonyl (C=O) groups is 1. The summed E-state index contributed by atoms with van der Waals surface area (Å²) >= 11 is 0. The van der Waals surface area contributed by atoms with Crippen LogP contribution in [0.1, 0.15) is 41.4 Å². The van der Waals surface area contributed by atoms with Gasteiger partial charge < -0.3 is 9.73 Å². The lowest BCUT2D eigenvalue weighted by molar-refractivity contribution is 0.102. The molecule has 2 rings (SSSR count). The molecule has 0 saturated heterocycles. The molecule has 1 aromatic carbocycles. The summed E-state index contributed by atoms with van der Waals surface area (Å²) in [5.74, 6) is 0.937. The third-order valence-electron chi connectivity index (χ3n) is 2.91. The zero-order valence-electron chi connectivity index (χ0n) is 10.9. The van der Waals surface area contributed by atoms with E-state index in [1.807, 2.05) is 18.2 Å². The number of furan rings is 1. The van der Waals surface area contributed by atoms with Gasteiger partial charge in [-0.3, -0.25) is 4.79 Å². The molecule has 0 fully saturated rings. The highest BCUT2D eigenvalue weighted by atomic mass is 16.3. The maximum absolute atomic E-state index is 12.0. The van der Waals surface area contributed by atoms with Crippen LogP contribution in [0.15, 0.2) is 41.0 Å². The first-order valence-corrected chi connectivity index (χ1v) is 6.03. The second-order valence-corrected chi connectivity index (χ2v) is 4.62. The van der Waals surface area contributed by atoms with Gasteiger partial charge in [-0.1, -0.05) is 26.0 Å². The van der Waals surface area contributed by atoms with Crippen LogP contribution in [0.4, 0.5) is 5.69 Å². The smallest absolute Gasteiger partial charge is 0.259 e. The van der Waals surface area contributed by atoms with Gasteiger partial charge in [0.25, 0.3) is 5.91 Å². The summed E-state index contributed by atoms with van der Waals surface area (Å²) in [7, 11) is 0. The molecular formula is C15H17NO2. The zero-order valence-corrected chi connectivity index (χ0v) is 10.9. The van der Waals surface area contributed by atoms with Gasteiger partial charge in [0, 0.05) is 5.69 Å². The number of hydrogen-bond acceptors (Lipinski definition) is 2. The van der Waals surface area contributed by atoms with Crippen molar-refractivity contribution < 1.29 is 9.21 Å². The average molecular weight is 243 g/mol. The lowest BCUT2D eigenvalue weighted by atomic mass is 10.0. The topological polar surface area (TPSA) is 42.2 Å². The van der Waals surface area contributed by atoms with Crippen molar-refractivity contribution in [3.05, 3.63) is 53.5 Å². The predicted molar refractivity (Wildman–Crippen MR) is 71.9 cm³/mol. The Morgan fingerprint density at radius 3 is 2.67 bits per heavy atom. The minimum atomic E-state index is -0.137. The summed E-state index contributed by atoms with van der Waals surface area (Å²) < 4.78 is 5.12. The van der Waals surface area contributed by atoms with Crippen LogP contribution in [0, 0.1) is 6.92 Å². The van der Waals surface area contributed by atoms with Gasteiger partial charge in [0.05, 0.1) is 11.8 Å². The number of aryl methyl sites for hydroxylation is 1. The Labute approximate surface area is 107 Å². The molecule has 0 bridgehead atoms. The molecule has 0 spiro atoms. The third kappa shape index (κ3) is 2.62. The van der Waals surface area contributed by atoms with Crippen LogP contribution in [0.25, 0.3) is 0 Å². The molecule has 1 aromatic heterocycles. The van der Waals surface area contributed by atoms with Crippen molar-refractivity contribution in [1.82, 2.24) is 0 Å². The summed E-state index contributed by atoms with van der Waals surface area (Å²) in [4.78, 5) is 12.0. The van der Waals surface area contributed by atoms with Crippen molar-refractivity contribution in [2.45, 2.75) is 26.7 Å². The molecule has 1 amide bonds. The van der Waals surface area contributed by atoms with Crippen LogP contribution in [-0.4, -0.2) is 5.91 Å². The first-order chi connectivity index (χ1) is 8.58. The quantitative estimate of drug-likeness (QED) is 0.886. The lowest BCUT2D eigenvalue weighted by Gasteiger charge is -2.09. The summed E-state index contributed by atoms with van der Waals surface area (Å²) in [6, 6.07) is 9.57. The van der Waals surface area contributed by atoms with E-state index >= 15 is 0 Å². The normalized spacial score (nSPS) is 10.7. The zero-order chi connectivity index (χ0) is 13.1. The van der Waals surface area contributed by atoms with Crippen LogP contribution < -0.4 is 5.32 Å². The Morgan fingerprint density at radius 2 is 2.06 bits per heavy atom. The standard InChI is InChI=1S/C15H17NO2/c1-10(2)12-5-4-6-13(9-12)16-15(17)14-7-8-18-11(14)3/h4-10H,1-3H3,(H,16,17). The first-order valence-electron chi connectivity index (χ1n) is 6.03. The Hall–Kier alpha value is -2.03. The van der Waals surface area contributed by atoms with Crippen LogP contribution in [0.5, 0.6) is 0 Å². The maximum atomic E-state index is 12.0. The number of amides is 1. The van der Waals surface area contributed by atoms with Gasteiger partial charge in [-0.2, -0.15) is 0 Å². The number of nitrogens with one attached hydrogen (secondary N) is 1. The molecule has 0 saturated carbocycles. The molecule has 0 aliphatic rings. The summed E-state index contributed by atoms with van der Waals surface area (Å²) in [5, 5.41) is 2.88. The van der Waals surface area contributed by atoms with E-state index in [-0.39, 0.29) is 5.91 Å². The van der Waals surface area contributed by atoms with E-state index in [4.69, 9.17) is 4.42 Å². The Balaban J connectivity index is 2.17. The van der Waals surface area contributed by atoms with Crippen molar-refractivity contribution in [3.8, 4) is 0 Å². The molecule has 1 heterocycles. The fraction of sp³-hybridized carbons (Fsp3) is 0.267. The second-order valence-electron chi connectivity index (χ2n) is 4.62. The van der Waals surface area contributed by atoms with Crippen molar-refractivity contribution in [2.75, 3.05) is 5.32 Å². The van der Waals surface area contributed by atoms with Crippen molar-refractivity contribution in [3.63, 3.8) is 0 Å². The third-order valence-corrected chi connectivity index (χ3v) is 2.91. The number of carbonyl (C=O) groups excluding carboxylic acids is 1. The van der Waals surface area contributed by atoms with Gasteiger partial charge in [-0.25, -0.2) is 0 Å². The van der Waals surface area contributed by atoms with Crippen molar-refractivity contribution in [2.24, 2.45) is 0 Å². The molecule has 2 aromatic rings. The predicted octanol–water partition coefficient (Wildman–Crippen LogP) is 3.96. The minimum Gasteiger partial charge on any atom is -0.469 e. The highest BCUT2D eigenvalue weighted by molar-refractivity contribution is 6.04. The van der Waals surface area contributed by atoms with Crippen molar-refractivity contribution in [1.29, 1.82) is 0 Å². The fourth-order valence-corrected chi connectivity index (χ4v) is 1.79. The highest BCUT2D eigenvalue weighted by Gasteiger charge is 2.11. The summed E-state index contributed by atoms with van der Waals surface area (Å²) in [5.41, 5.74) is 2.59. The largest absolute Gasteiger partial charge is 0.469 e. The van der Waals surface area contributed by atoms with Gasteiger partial charge >= 0.3 is 0 Å². The minimum absolute atomic E-state index is 0.137. The van der Waals surface area contributed by atoms with Crippen LogP contribution >= 0.6 is 0 Å². The van der Waals surface area contributed by atoms with Crippen molar-refractivity contribution >= 4 is 11.6 Å². The van der Waals surface area contributed by atoms with Gasteiger partial charge in [-0.05, 0) is 36.6 Å². The molecular weight excluding hydrogens is 226 g/mol. The van der Waals surface area contributed by atoms with Gasteiger partial charge in [0.2, 0.25) is 0 Å². The molecule has 18 heavy (non-hydrogen) atoms. The van der Waals surface area contributed by atoms with E-state index in [1.54, 1.807) is 13.0 Å². The molecule has 3 heteroatoms. The Kier molecular flexibility index (Phi) is 3.51. The van der Waals surface area contributed by atoms with Gasteiger partial charge in [0.15, 0.2) is 0 Å². The summed E-state index contributed by atoms with van der Waals surface area (Å²) in [6.07, 6.45) is 1.52. The Bertz CT molecular complexity index is 555. The second kappa shape index (κ2) is 5.08. The van der Waals surface area contributed by atoms with E-state index in [0.717, 1.165) is 5.69 Å². The number of rotatable bonds is 3. The summed E-state index contributed by atoms with van der Waals surface area (Å²) in [6.45, 7) is 6.03. The first kappa shape index (κ1) is 12.4. The van der Waals surface area contributed by atoms with Crippen LogP contribution in [0.3, 0.4) is 0 Å². The van der Waals surface area contributed by atoms with E-state index < -0.39 is 0 Å². The SMILES string of the molecule is Cc1occc1C(=O)Nc1cccc(C(C)C)c1. The molecule has 3 nitrogen and oxygen atoms in total. The molecule has 94 valence electrons.